The molecule has 112 valence electrons. The molecule has 0 fully saturated rings. The van der Waals surface area contributed by atoms with Crippen molar-refractivity contribution in [3.8, 4) is 0 Å². The first-order chi connectivity index (χ1) is 10.5. The molecule has 2 aromatic carbocycles. The molecule has 22 heavy (non-hydrogen) atoms. The van der Waals surface area contributed by atoms with Crippen LogP contribution < -0.4 is 4.72 Å². The summed E-state index contributed by atoms with van der Waals surface area (Å²) < 4.78 is 27.8. The maximum Gasteiger partial charge on any atom is 0.262 e. The summed E-state index contributed by atoms with van der Waals surface area (Å²) in [4.78, 5) is 4.53. The molecule has 4 nitrogen and oxygen atoms in total. The fraction of sp³-hybridized carbons (Fsp3) is 0.118. The Morgan fingerprint density at radius 1 is 1.00 bits per heavy atom. The predicted molar refractivity (Wildman–Crippen MR) is 88.5 cm³/mol. The largest absolute Gasteiger partial charge is 0.280 e. The molecule has 0 amide bonds. The average molecular weight is 312 g/mol. The third-order valence-corrected chi connectivity index (χ3v) is 5.01. The summed E-state index contributed by atoms with van der Waals surface area (Å²) in [5, 5.41) is 0.892. The van der Waals surface area contributed by atoms with Crippen LogP contribution in [0.3, 0.4) is 0 Å². The predicted octanol–water partition coefficient (Wildman–Crippen LogP) is 3.65. The van der Waals surface area contributed by atoms with Gasteiger partial charge in [0.1, 0.15) is 0 Å². The standard InChI is InChI=1S/C17H16N2O2S/c1-12-5-6-13(2)17(10-12)22(20,21)19-15-7-8-16-14(11-15)4-3-9-18-16/h3-11,19H,1-2H3. The third kappa shape index (κ3) is 2.80. The maximum absolute atomic E-state index is 12.6. The van der Waals surface area contributed by atoms with Crippen LogP contribution in [0.2, 0.25) is 0 Å². The summed E-state index contributed by atoms with van der Waals surface area (Å²) in [6.45, 7) is 3.67. The van der Waals surface area contributed by atoms with Gasteiger partial charge in [-0.2, -0.15) is 0 Å². The Labute approximate surface area is 129 Å². The molecule has 0 aliphatic carbocycles. The number of rotatable bonds is 3. The quantitative estimate of drug-likeness (QED) is 0.803. The van der Waals surface area contributed by atoms with Gasteiger partial charge in [-0.3, -0.25) is 9.71 Å². The van der Waals surface area contributed by atoms with E-state index >= 15 is 0 Å². The fourth-order valence-corrected chi connectivity index (χ4v) is 3.73. The van der Waals surface area contributed by atoms with E-state index in [0.29, 0.717) is 10.6 Å². The van der Waals surface area contributed by atoms with Gasteiger partial charge in [0, 0.05) is 17.3 Å². The second-order valence-corrected chi connectivity index (χ2v) is 6.94. The summed E-state index contributed by atoms with van der Waals surface area (Å²) in [5.41, 5.74) is 2.99. The van der Waals surface area contributed by atoms with Crippen LogP contribution in [-0.4, -0.2) is 13.4 Å². The van der Waals surface area contributed by atoms with Crippen LogP contribution in [0.25, 0.3) is 10.9 Å². The smallest absolute Gasteiger partial charge is 0.262 e. The lowest BCUT2D eigenvalue weighted by Crippen LogP contribution is -2.14. The van der Waals surface area contributed by atoms with Gasteiger partial charge in [0.15, 0.2) is 0 Å². The molecule has 0 radical (unpaired) electrons. The zero-order chi connectivity index (χ0) is 15.7. The van der Waals surface area contributed by atoms with E-state index in [1.807, 2.05) is 31.2 Å². The van der Waals surface area contributed by atoms with Gasteiger partial charge in [0.2, 0.25) is 0 Å². The summed E-state index contributed by atoms with van der Waals surface area (Å²) in [5.74, 6) is 0. The van der Waals surface area contributed by atoms with Crippen molar-refractivity contribution >= 4 is 26.6 Å². The number of anilines is 1. The van der Waals surface area contributed by atoms with Gasteiger partial charge in [0.25, 0.3) is 10.0 Å². The summed E-state index contributed by atoms with van der Waals surface area (Å²) in [7, 11) is -3.61. The lowest BCUT2D eigenvalue weighted by atomic mass is 10.2. The SMILES string of the molecule is Cc1ccc(C)c(S(=O)(=O)Nc2ccc3ncccc3c2)c1. The van der Waals surface area contributed by atoms with Gasteiger partial charge in [-0.25, -0.2) is 8.42 Å². The van der Waals surface area contributed by atoms with Gasteiger partial charge in [0.05, 0.1) is 10.4 Å². The molecule has 0 saturated carbocycles. The van der Waals surface area contributed by atoms with E-state index in [4.69, 9.17) is 0 Å². The van der Waals surface area contributed by atoms with Crippen LogP contribution in [0.1, 0.15) is 11.1 Å². The monoisotopic (exact) mass is 312 g/mol. The van der Waals surface area contributed by atoms with E-state index in [0.717, 1.165) is 22.0 Å². The molecule has 1 N–H and O–H groups in total. The van der Waals surface area contributed by atoms with E-state index in [1.54, 1.807) is 37.4 Å². The van der Waals surface area contributed by atoms with E-state index in [-0.39, 0.29) is 0 Å². The molecule has 0 spiro atoms. The number of fused-ring (bicyclic) bond motifs is 1. The number of pyridine rings is 1. The Morgan fingerprint density at radius 3 is 2.64 bits per heavy atom. The molecule has 1 heterocycles. The highest BCUT2D eigenvalue weighted by molar-refractivity contribution is 7.92. The van der Waals surface area contributed by atoms with E-state index in [2.05, 4.69) is 9.71 Å². The van der Waals surface area contributed by atoms with Crippen molar-refractivity contribution in [2.24, 2.45) is 0 Å². The van der Waals surface area contributed by atoms with Crippen molar-refractivity contribution in [1.82, 2.24) is 4.98 Å². The second kappa shape index (κ2) is 5.42. The number of nitrogens with one attached hydrogen (secondary N) is 1. The number of hydrogen-bond acceptors (Lipinski definition) is 3. The molecular formula is C17H16N2O2S. The average Bonchev–Trinajstić information content (AvgIpc) is 2.49. The maximum atomic E-state index is 12.6. The number of nitrogens with zero attached hydrogens (tertiary/aromatic N) is 1. The number of benzene rings is 2. The van der Waals surface area contributed by atoms with Crippen LogP contribution in [0.5, 0.6) is 0 Å². The van der Waals surface area contributed by atoms with Gasteiger partial charge >= 0.3 is 0 Å². The van der Waals surface area contributed by atoms with Crippen LogP contribution >= 0.6 is 0 Å². The Balaban J connectivity index is 2.01. The van der Waals surface area contributed by atoms with Crippen molar-refractivity contribution < 1.29 is 8.42 Å². The first-order valence-corrected chi connectivity index (χ1v) is 8.39. The summed E-state index contributed by atoms with van der Waals surface area (Å²) in [6, 6.07) is 14.4. The Morgan fingerprint density at radius 2 is 1.82 bits per heavy atom. The lowest BCUT2D eigenvalue weighted by molar-refractivity contribution is 0.600. The van der Waals surface area contributed by atoms with Crippen molar-refractivity contribution in [3.63, 3.8) is 0 Å². The molecule has 0 unspecified atom stereocenters. The van der Waals surface area contributed by atoms with Gasteiger partial charge in [-0.15, -0.1) is 0 Å². The third-order valence-electron chi connectivity index (χ3n) is 3.49. The molecular weight excluding hydrogens is 296 g/mol. The molecule has 3 aromatic rings. The zero-order valence-electron chi connectivity index (χ0n) is 12.4. The highest BCUT2D eigenvalue weighted by atomic mass is 32.2. The van der Waals surface area contributed by atoms with Crippen LogP contribution in [0.4, 0.5) is 5.69 Å². The number of aryl methyl sites for hydroxylation is 2. The Bertz CT molecular complexity index is 950. The number of aromatic nitrogens is 1. The molecule has 0 atom stereocenters. The number of sulfonamides is 1. The van der Waals surface area contributed by atoms with Gasteiger partial charge in [-0.05, 0) is 55.3 Å². The van der Waals surface area contributed by atoms with Crippen LogP contribution in [0, 0.1) is 13.8 Å². The van der Waals surface area contributed by atoms with E-state index in [1.165, 1.54) is 0 Å². The first kappa shape index (κ1) is 14.5. The first-order valence-electron chi connectivity index (χ1n) is 6.90. The topological polar surface area (TPSA) is 59.1 Å². The minimum atomic E-state index is -3.61. The van der Waals surface area contributed by atoms with Crippen LogP contribution in [0.15, 0.2) is 59.6 Å². The second-order valence-electron chi connectivity index (χ2n) is 5.29. The van der Waals surface area contributed by atoms with Crippen LogP contribution in [-0.2, 0) is 10.0 Å². The van der Waals surface area contributed by atoms with Gasteiger partial charge in [-0.1, -0.05) is 18.2 Å². The zero-order valence-corrected chi connectivity index (χ0v) is 13.2. The molecule has 1 aromatic heterocycles. The summed E-state index contributed by atoms with van der Waals surface area (Å²) >= 11 is 0. The summed E-state index contributed by atoms with van der Waals surface area (Å²) in [6.07, 6.45) is 1.71. The molecule has 0 aliphatic heterocycles. The Kier molecular flexibility index (Phi) is 3.58. The van der Waals surface area contributed by atoms with Crippen molar-refractivity contribution in [2.45, 2.75) is 18.7 Å². The molecule has 0 bridgehead atoms. The van der Waals surface area contributed by atoms with Crippen molar-refractivity contribution in [3.05, 3.63) is 65.9 Å². The number of hydrogen-bond donors (Lipinski definition) is 1. The Hall–Kier alpha value is -2.40. The fourth-order valence-electron chi connectivity index (χ4n) is 2.35. The van der Waals surface area contributed by atoms with E-state index < -0.39 is 10.0 Å². The van der Waals surface area contributed by atoms with Gasteiger partial charge < -0.3 is 0 Å². The molecule has 0 saturated heterocycles. The van der Waals surface area contributed by atoms with E-state index in [9.17, 15) is 8.42 Å². The highest BCUT2D eigenvalue weighted by Crippen LogP contribution is 2.23. The molecule has 0 aliphatic rings. The van der Waals surface area contributed by atoms with Crippen molar-refractivity contribution in [2.75, 3.05) is 4.72 Å². The molecule has 5 heteroatoms. The normalized spacial score (nSPS) is 11.5. The van der Waals surface area contributed by atoms with Crippen molar-refractivity contribution in [1.29, 1.82) is 0 Å². The minimum Gasteiger partial charge on any atom is -0.280 e. The lowest BCUT2D eigenvalue weighted by Gasteiger charge is -2.11. The molecule has 3 rings (SSSR count). The minimum absolute atomic E-state index is 0.304. The highest BCUT2D eigenvalue weighted by Gasteiger charge is 2.17.